The molecule has 0 spiro atoms. The fraction of sp³-hybridized carbons (Fsp3) is 0.188. The first-order valence-corrected chi connectivity index (χ1v) is 6.75. The first-order valence-electron chi connectivity index (χ1n) is 6.75. The van der Waals surface area contributed by atoms with Gasteiger partial charge < -0.3 is 18.9 Å². The van der Waals surface area contributed by atoms with Gasteiger partial charge in [0.2, 0.25) is 6.23 Å². The van der Waals surface area contributed by atoms with Gasteiger partial charge >= 0.3 is 6.09 Å². The number of fused-ring (bicyclic) bond motifs is 1. The second-order valence-corrected chi connectivity index (χ2v) is 4.57. The lowest BCUT2D eigenvalue weighted by molar-refractivity contribution is 0.0668. The second kappa shape index (κ2) is 6.26. The van der Waals surface area contributed by atoms with Gasteiger partial charge in [-0.3, -0.25) is 5.32 Å². The van der Waals surface area contributed by atoms with Crippen molar-refractivity contribution >= 4 is 6.09 Å². The molecule has 6 nitrogen and oxygen atoms in total. The molecular weight excluding hydrogens is 286 g/mol. The maximum atomic E-state index is 11.8. The molecule has 2 aromatic rings. The molecule has 1 unspecified atom stereocenters. The third-order valence-corrected chi connectivity index (χ3v) is 3.06. The number of carbonyl (C=O) groups is 1. The summed E-state index contributed by atoms with van der Waals surface area (Å²) < 4.78 is 21.3. The number of amides is 1. The van der Waals surface area contributed by atoms with E-state index in [4.69, 9.17) is 18.9 Å². The van der Waals surface area contributed by atoms with E-state index in [1.807, 2.05) is 12.1 Å². The van der Waals surface area contributed by atoms with E-state index in [0.29, 0.717) is 23.0 Å². The Morgan fingerprint density at radius 3 is 2.50 bits per heavy atom. The fourth-order valence-electron chi connectivity index (χ4n) is 2.00. The largest absolute Gasteiger partial charge is 0.497 e. The molecule has 6 heteroatoms. The third kappa shape index (κ3) is 3.22. The fourth-order valence-corrected chi connectivity index (χ4v) is 2.00. The van der Waals surface area contributed by atoms with Gasteiger partial charge in [-0.2, -0.15) is 0 Å². The van der Waals surface area contributed by atoms with Gasteiger partial charge in [0, 0.05) is 0 Å². The maximum Gasteiger partial charge on any atom is 0.415 e. The van der Waals surface area contributed by atoms with Gasteiger partial charge in [-0.25, -0.2) is 4.79 Å². The van der Waals surface area contributed by atoms with Crippen molar-refractivity contribution in [2.24, 2.45) is 0 Å². The molecule has 2 aromatic carbocycles. The van der Waals surface area contributed by atoms with Crippen LogP contribution in [0.1, 0.15) is 0 Å². The Kier molecular flexibility index (Phi) is 4.00. The van der Waals surface area contributed by atoms with Crippen LogP contribution in [0, 0.1) is 0 Å². The summed E-state index contributed by atoms with van der Waals surface area (Å²) in [5.41, 5.74) is 0. The van der Waals surface area contributed by atoms with Gasteiger partial charge in [-0.1, -0.05) is 12.1 Å². The summed E-state index contributed by atoms with van der Waals surface area (Å²) in [6.45, 7) is 0.217. The Bertz CT molecular complexity index is 656. The Labute approximate surface area is 127 Å². The highest BCUT2D eigenvalue weighted by Gasteiger charge is 2.22. The van der Waals surface area contributed by atoms with Gasteiger partial charge in [0.1, 0.15) is 18.1 Å². The molecule has 0 radical (unpaired) electrons. The predicted molar refractivity (Wildman–Crippen MR) is 78.5 cm³/mol. The number of carbonyl (C=O) groups excluding carboxylic acids is 1. The molecule has 0 bridgehead atoms. The Balaban J connectivity index is 1.56. The zero-order valence-corrected chi connectivity index (χ0v) is 11.9. The number of ether oxygens (including phenoxy) is 4. The molecule has 1 aliphatic heterocycles. The highest BCUT2D eigenvalue weighted by Crippen LogP contribution is 2.30. The van der Waals surface area contributed by atoms with E-state index in [1.54, 1.807) is 43.5 Å². The van der Waals surface area contributed by atoms with Gasteiger partial charge in [-0.05, 0) is 36.4 Å². The molecule has 1 aliphatic rings. The van der Waals surface area contributed by atoms with Crippen LogP contribution in [0.25, 0.3) is 0 Å². The van der Waals surface area contributed by atoms with Crippen molar-refractivity contribution in [1.29, 1.82) is 0 Å². The average molecular weight is 301 g/mol. The molecule has 1 N–H and O–H groups in total. The summed E-state index contributed by atoms with van der Waals surface area (Å²) in [5, 5.41) is 2.60. The zero-order chi connectivity index (χ0) is 15.4. The molecule has 0 fully saturated rings. The van der Waals surface area contributed by atoms with Crippen LogP contribution < -0.4 is 24.3 Å². The van der Waals surface area contributed by atoms with Crippen molar-refractivity contribution in [2.45, 2.75) is 6.23 Å². The van der Waals surface area contributed by atoms with Crippen LogP contribution >= 0.6 is 0 Å². The van der Waals surface area contributed by atoms with Gasteiger partial charge in [0.25, 0.3) is 0 Å². The number of rotatable bonds is 3. The number of para-hydroxylation sites is 2. The van der Waals surface area contributed by atoms with Crippen molar-refractivity contribution in [1.82, 2.24) is 5.32 Å². The Morgan fingerprint density at radius 2 is 1.77 bits per heavy atom. The third-order valence-electron chi connectivity index (χ3n) is 3.06. The van der Waals surface area contributed by atoms with Crippen molar-refractivity contribution in [3.8, 4) is 23.0 Å². The lowest BCUT2D eigenvalue weighted by Crippen LogP contribution is -2.46. The molecule has 0 aromatic heterocycles. The van der Waals surface area contributed by atoms with E-state index in [2.05, 4.69) is 5.32 Å². The van der Waals surface area contributed by atoms with Crippen molar-refractivity contribution in [3.05, 3.63) is 48.5 Å². The smallest absolute Gasteiger partial charge is 0.415 e. The van der Waals surface area contributed by atoms with Gasteiger partial charge in [-0.15, -0.1) is 0 Å². The SMILES string of the molecule is COc1ccc(OC(=O)NC2COc3ccccc3O2)cc1. The van der Waals surface area contributed by atoms with Gasteiger partial charge in [0.15, 0.2) is 11.5 Å². The topological polar surface area (TPSA) is 66.0 Å². The van der Waals surface area contributed by atoms with Crippen LogP contribution in [0.15, 0.2) is 48.5 Å². The predicted octanol–water partition coefficient (Wildman–Crippen LogP) is 2.58. The van der Waals surface area contributed by atoms with Crippen LogP contribution in [0.5, 0.6) is 23.0 Å². The number of methoxy groups -OCH3 is 1. The number of nitrogens with one attached hydrogen (secondary N) is 1. The van der Waals surface area contributed by atoms with Crippen LogP contribution in [0.3, 0.4) is 0 Å². The van der Waals surface area contributed by atoms with E-state index >= 15 is 0 Å². The summed E-state index contributed by atoms with van der Waals surface area (Å²) in [7, 11) is 1.57. The number of hydrogen-bond acceptors (Lipinski definition) is 5. The monoisotopic (exact) mass is 301 g/mol. The first-order chi connectivity index (χ1) is 10.7. The normalized spacial score (nSPS) is 15.8. The standard InChI is InChI=1S/C16H15NO5/c1-19-11-6-8-12(9-7-11)21-16(18)17-15-10-20-13-4-2-3-5-14(13)22-15/h2-9,15H,10H2,1H3,(H,17,18). The molecule has 0 saturated heterocycles. The molecule has 1 amide bonds. The van der Waals surface area contributed by atoms with E-state index in [0.717, 1.165) is 0 Å². The van der Waals surface area contributed by atoms with Crippen LogP contribution in [-0.2, 0) is 0 Å². The van der Waals surface area contributed by atoms with E-state index in [-0.39, 0.29) is 6.61 Å². The maximum absolute atomic E-state index is 11.8. The quantitative estimate of drug-likeness (QED) is 0.944. The van der Waals surface area contributed by atoms with Crippen molar-refractivity contribution in [2.75, 3.05) is 13.7 Å². The molecule has 0 aliphatic carbocycles. The molecule has 0 saturated carbocycles. The van der Waals surface area contributed by atoms with Gasteiger partial charge in [0.05, 0.1) is 7.11 Å². The Hall–Kier alpha value is -2.89. The molecule has 3 rings (SSSR count). The summed E-state index contributed by atoms with van der Waals surface area (Å²) in [6, 6.07) is 14.0. The lowest BCUT2D eigenvalue weighted by atomic mass is 10.3. The Morgan fingerprint density at radius 1 is 1.09 bits per heavy atom. The average Bonchev–Trinajstić information content (AvgIpc) is 2.55. The summed E-state index contributed by atoms with van der Waals surface area (Å²) >= 11 is 0. The lowest BCUT2D eigenvalue weighted by Gasteiger charge is -2.26. The van der Waals surface area contributed by atoms with Crippen LogP contribution in [0.4, 0.5) is 4.79 Å². The molecule has 1 atom stereocenters. The minimum Gasteiger partial charge on any atom is -0.497 e. The van der Waals surface area contributed by atoms with Crippen molar-refractivity contribution in [3.63, 3.8) is 0 Å². The number of hydrogen-bond donors (Lipinski definition) is 1. The molecular formula is C16H15NO5. The van der Waals surface area contributed by atoms with Crippen LogP contribution in [-0.4, -0.2) is 26.0 Å². The first kappa shape index (κ1) is 14.1. The highest BCUT2D eigenvalue weighted by atomic mass is 16.6. The molecule has 22 heavy (non-hydrogen) atoms. The number of benzene rings is 2. The van der Waals surface area contributed by atoms with Crippen LogP contribution in [0.2, 0.25) is 0 Å². The highest BCUT2D eigenvalue weighted by molar-refractivity contribution is 5.70. The minimum atomic E-state index is -0.613. The summed E-state index contributed by atoms with van der Waals surface area (Å²) in [6.07, 6.45) is -1.21. The van der Waals surface area contributed by atoms with E-state index in [9.17, 15) is 4.79 Å². The summed E-state index contributed by atoms with van der Waals surface area (Å²) in [4.78, 5) is 11.8. The van der Waals surface area contributed by atoms with E-state index < -0.39 is 12.3 Å². The minimum absolute atomic E-state index is 0.217. The zero-order valence-electron chi connectivity index (χ0n) is 11.9. The summed E-state index contributed by atoms with van der Waals surface area (Å²) in [5.74, 6) is 2.34. The van der Waals surface area contributed by atoms with E-state index in [1.165, 1.54) is 0 Å². The molecule has 114 valence electrons. The van der Waals surface area contributed by atoms with Crippen molar-refractivity contribution < 1.29 is 23.7 Å². The second-order valence-electron chi connectivity index (χ2n) is 4.57. The molecule has 1 heterocycles.